The van der Waals surface area contributed by atoms with Gasteiger partial charge < -0.3 is 15.7 Å². The third kappa shape index (κ3) is 3.94. The Balaban J connectivity index is 1.82. The van der Waals surface area contributed by atoms with Crippen LogP contribution in [0.3, 0.4) is 0 Å². The Morgan fingerprint density at radius 1 is 1.47 bits per heavy atom. The predicted molar refractivity (Wildman–Crippen MR) is 67.0 cm³/mol. The third-order valence-electron chi connectivity index (χ3n) is 3.01. The molecule has 1 fully saturated rings. The second-order valence-electron chi connectivity index (χ2n) is 4.38. The van der Waals surface area contributed by atoms with E-state index in [0.29, 0.717) is 12.6 Å². The second-order valence-corrected chi connectivity index (χ2v) is 4.38. The summed E-state index contributed by atoms with van der Waals surface area (Å²) in [5, 5.41) is 15.2. The topological polar surface area (TPSA) is 70.1 Å². The number of aromatic nitrogens is 2. The van der Waals surface area contributed by atoms with Crippen molar-refractivity contribution in [1.29, 1.82) is 0 Å². The maximum absolute atomic E-state index is 8.72. The van der Waals surface area contributed by atoms with Gasteiger partial charge in [-0.1, -0.05) is 0 Å². The van der Waals surface area contributed by atoms with Crippen molar-refractivity contribution in [2.45, 2.75) is 31.7 Å². The van der Waals surface area contributed by atoms with Gasteiger partial charge in [-0.2, -0.15) is 0 Å². The van der Waals surface area contributed by atoms with Crippen molar-refractivity contribution in [2.24, 2.45) is 0 Å². The van der Waals surface area contributed by atoms with Crippen molar-refractivity contribution in [3.05, 3.63) is 18.1 Å². The van der Waals surface area contributed by atoms with Gasteiger partial charge >= 0.3 is 0 Å². The van der Waals surface area contributed by atoms with Gasteiger partial charge in [0.2, 0.25) is 0 Å². The number of hydrogen-bond acceptors (Lipinski definition) is 5. The molecule has 1 unspecified atom stereocenters. The van der Waals surface area contributed by atoms with E-state index in [2.05, 4.69) is 20.6 Å². The predicted octanol–water partition coefficient (Wildman–Crippen LogP) is 0.565. The molecule has 0 bridgehead atoms. The van der Waals surface area contributed by atoms with Crippen molar-refractivity contribution in [2.75, 3.05) is 25.0 Å². The SMILES string of the molecule is OCCNc1cncc(CCC2CCCN2)n1. The van der Waals surface area contributed by atoms with Gasteiger partial charge in [-0.05, 0) is 32.2 Å². The lowest BCUT2D eigenvalue weighted by Crippen LogP contribution is -2.21. The summed E-state index contributed by atoms with van der Waals surface area (Å²) in [7, 11) is 0. The van der Waals surface area contributed by atoms with E-state index >= 15 is 0 Å². The molecule has 0 aliphatic carbocycles. The van der Waals surface area contributed by atoms with Crippen LogP contribution in [0.15, 0.2) is 12.4 Å². The van der Waals surface area contributed by atoms with Crippen LogP contribution in [0.5, 0.6) is 0 Å². The van der Waals surface area contributed by atoms with Crippen LogP contribution in [-0.4, -0.2) is 40.8 Å². The van der Waals surface area contributed by atoms with E-state index in [1.54, 1.807) is 6.20 Å². The smallest absolute Gasteiger partial charge is 0.144 e. The molecule has 2 rings (SSSR count). The van der Waals surface area contributed by atoms with Gasteiger partial charge in [0, 0.05) is 18.8 Å². The molecule has 1 atom stereocenters. The fourth-order valence-electron chi connectivity index (χ4n) is 2.12. The number of aliphatic hydroxyl groups is 1. The Kier molecular flexibility index (Phi) is 4.70. The number of aliphatic hydroxyl groups excluding tert-OH is 1. The second kappa shape index (κ2) is 6.51. The minimum Gasteiger partial charge on any atom is -0.395 e. The fraction of sp³-hybridized carbons (Fsp3) is 0.667. The lowest BCUT2D eigenvalue weighted by molar-refractivity contribution is 0.311. The molecule has 0 radical (unpaired) electrons. The largest absolute Gasteiger partial charge is 0.395 e. The Bertz CT molecular complexity index is 339. The van der Waals surface area contributed by atoms with Gasteiger partial charge in [-0.15, -0.1) is 0 Å². The molecule has 1 aromatic heterocycles. The summed E-state index contributed by atoms with van der Waals surface area (Å²) in [5.41, 5.74) is 1.02. The third-order valence-corrected chi connectivity index (χ3v) is 3.01. The van der Waals surface area contributed by atoms with E-state index in [-0.39, 0.29) is 6.61 Å². The summed E-state index contributed by atoms with van der Waals surface area (Å²) in [4.78, 5) is 8.61. The standard InChI is InChI=1S/C12H20N4O/c17-7-6-15-12-9-13-8-11(16-12)4-3-10-2-1-5-14-10/h8-10,14,17H,1-7H2,(H,15,16). The van der Waals surface area contributed by atoms with E-state index in [1.807, 2.05) is 6.20 Å². The monoisotopic (exact) mass is 236 g/mol. The first-order valence-corrected chi connectivity index (χ1v) is 6.27. The Morgan fingerprint density at radius 3 is 3.18 bits per heavy atom. The van der Waals surface area contributed by atoms with E-state index in [4.69, 9.17) is 5.11 Å². The van der Waals surface area contributed by atoms with Crippen LogP contribution in [-0.2, 0) is 6.42 Å². The zero-order valence-corrected chi connectivity index (χ0v) is 10.0. The minimum absolute atomic E-state index is 0.109. The quantitative estimate of drug-likeness (QED) is 0.673. The van der Waals surface area contributed by atoms with Gasteiger partial charge in [0.25, 0.3) is 0 Å². The Morgan fingerprint density at radius 2 is 2.41 bits per heavy atom. The van der Waals surface area contributed by atoms with Crippen LogP contribution in [0.4, 0.5) is 5.82 Å². The molecule has 1 aliphatic heterocycles. The van der Waals surface area contributed by atoms with Crippen molar-refractivity contribution in [3.63, 3.8) is 0 Å². The summed E-state index contributed by atoms with van der Waals surface area (Å²) < 4.78 is 0. The zero-order valence-electron chi connectivity index (χ0n) is 10.0. The molecule has 94 valence electrons. The molecule has 1 aromatic rings. The van der Waals surface area contributed by atoms with Gasteiger partial charge in [0.05, 0.1) is 18.5 Å². The van der Waals surface area contributed by atoms with Crippen LogP contribution < -0.4 is 10.6 Å². The molecule has 0 spiro atoms. The molecule has 2 heterocycles. The molecular formula is C12H20N4O. The number of aryl methyl sites for hydroxylation is 1. The summed E-state index contributed by atoms with van der Waals surface area (Å²) in [5.74, 6) is 0.746. The van der Waals surface area contributed by atoms with Crippen molar-refractivity contribution in [1.82, 2.24) is 15.3 Å². The Hall–Kier alpha value is -1.20. The number of nitrogens with zero attached hydrogens (tertiary/aromatic N) is 2. The van der Waals surface area contributed by atoms with Crippen molar-refractivity contribution < 1.29 is 5.11 Å². The number of hydrogen-bond donors (Lipinski definition) is 3. The highest BCUT2D eigenvalue weighted by molar-refractivity contribution is 5.31. The van der Waals surface area contributed by atoms with Crippen LogP contribution >= 0.6 is 0 Å². The van der Waals surface area contributed by atoms with Gasteiger partial charge in [-0.3, -0.25) is 4.98 Å². The number of anilines is 1. The zero-order chi connectivity index (χ0) is 11.9. The number of nitrogens with one attached hydrogen (secondary N) is 2. The highest BCUT2D eigenvalue weighted by atomic mass is 16.3. The number of rotatable bonds is 6. The molecule has 5 nitrogen and oxygen atoms in total. The molecule has 1 aliphatic rings. The first kappa shape index (κ1) is 12.3. The summed E-state index contributed by atoms with van der Waals surface area (Å²) in [6.45, 7) is 1.77. The molecule has 0 saturated carbocycles. The van der Waals surface area contributed by atoms with E-state index < -0.39 is 0 Å². The molecule has 3 N–H and O–H groups in total. The minimum atomic E-state index is 0.109. The van der Waals surface area contributed by atoms with E-state index in [9.17, 15) is 0 Å². The molecule has 5 heteroatoms. The molecule has 0 aromatic carbocycles. The summed E-state index contributed by atoms with van der Waals surface area (Å²) >= 11 is 0. The molecular weight excluding hydrogens is 216 g/mol. The average molecular weight is 236 g/mol. The maximum atomic E-state index is 8.72. The van der Waals surface area contributed by atoms with E-state index in [0.717, 1.165) is 30.9 Å². The first-order valence-electron chi connectivity index (χ1n) is 6.27. The van der Waals surface area contributed by atoms with Gasteiger partial charge in [-0.25, -0.2) is 4.98 Å². The van der Waals surface area contributed by atoms with Crippen LogP contribution in [0, 0.1) is 0 Å². The Labute approximate surface area is 102 Å². The molecule has 17 heavy (non-hydrogen) atoms. The van der Waals surface area contributed by atoms with Gasteiger partial charge in [0.15, 0.2) is 0 Å². The fourth-order valence-corrected chi connectivity index (χ4v) is 2.12. The van der Waals surface area contributed by atoms with Crippen LogP contribution in [0.25, 0.3) is 0 Å². The lowest BCUT2D eigenvalue weighted by atomic mass is 10.1. The molecule has 0 amide bonds. The van der Waals surface area contributed by atoms with Crippen molar-refractivity contribution >= 4 is 5.82 Å². The lowest BCUT2D eigenvalue weighted by Gasteiger charge is -2.10. The van der Waals surface area contributed by atoms with Crippen LogP contribution in [0.1, 0.15) is 25.0 Å². The average Bonchev–Trinajstić information content (AvgIpc) is 2.87. The van der Waals surface area contributed by atoms with Crippen molar-refractivity contribution in [3.8, 4) is 0 Å². The van der Waals surface area contributed by atoms with Crippen LogP contribution in [0.2, 0.25) is 0 Å². The normalized spacial score (nSPS) is 19.5. The first-order chi connectivity index (χ1) is 8.38. The van der Waals surface area contributed by atoms with E-state index in [1.165, 1.54) is 12.8 Å². The highest BCUT2D eigenvalue weighted by Crippen LogP contribution is 2.12. The maximum Gasteiger partial charge on any atom is 0.144 e. The van der Waals surface area contributed by atoms with Gasteiger partial charge in [0.1, 0.15) is 5.82 Å². The summed E-state index contributed by atoms with van der Waals surface area (Å²) in [6, 6.07) is 0.644. The summed E-state index contributed by atoms with van der Waals surface area (Å²) in [6.07, 6.45) is 8.15. The highest BCUT2D eigenvalue weighted by Gasteiger charge is 2.13. The molecule has 1 saturated heterocycles.